The predicted octanol–water partition coefficient (Wildman–Crippen LogP) is 5.31. The molecule has 0 spiro atoms. The highest BCUT2D eigenvalue weighted by Gasteiger charge is 2.19. The molecule has 5 nitrogen and oxygen atoms in total. The average molecular weight is 391 g/mol. The van der Waals surface area contributed by atoms with Crippen molar-refractivity contribution in [3.63, 3.8) is 0 Å². The second kappa shape index (κ2) is 7.72. The maximum absolute atomic E-state index is 14.0. The van der Waals surface area contributed by atoms with Gasteiger partial charge in [0.05, 0.1) is 5.39 Å². The third kappa shape index (κ3) is 3.31. The summed E-state index contributed by atoms with van der Waals surface area (Å²) in [6, 6.07) is 15.9. The summed E-state index contributed by atoms with van der Waals surface area (Å²) in [5.41, 5.74) is 1.73. The second-order valence-corrected chi connectivity index (χ2v) is 6.76. The molecule has 2 aromatic heterocycles. The molecule has 0 radical (unpaired) electrons. The first-order chi connectivity index (χ1) is 13.7. The van der Waals surface area contributed by atoms with Crippen LogP contribution in [0.15, 0.2) is 53.9 Å². The topological polar surface area (TPSA) is 68.0 Å². The van der Waals surface area contributed by atoms with Crippen LogP contribution in [0.1, 0.15) is 11.4 Å². The van der Waals surface area contributed by atoms with Crippen molar-refractivity contribution in [2.24, 2.45) is 0 Å². The first kappa shape index (κ1) is 18.0. The van der Waals surface area contributed by atoms with Gasteiger partial charge < -0.3 is 9.47 Å². The molecule has 0 bridgehead atoms. The molecule has 0 saturated carbocycles. The van der Waals surface area contributed by atoms with Gasteiger partial charge in [0.1, 0.15) is 34.6 Å². The minimum absolute atomic E-state index is 0.107. The Morgan fingerprint density at radius 1 is 1.11 bits per heavy atom. The van der Waals surface area contributed by atoms with Gasteiger partial charge in [-0.05, 0) is 17.7 Å². The third-order valence-electron chi connectivity index (χ3n) is 4.10. The van der Waals surface area contributed by atoms with E-state index in [-0.39, 0.29) is 23.8 Å². The number of nitriles is 1. The Morgan fingerprint density at radius 2 is 1.93 bits per heavy atom. The van der Waals surface area contributed by atoms with Crippen molar-refractivity contribution in [2.75, 3.05) is 7.11 Å². The van der Waals surface area contributed by atoms with Gasteiger partial charge in [-0.25, -0.2) is 9.37 Å². The molecule has 2 heterocycles. The van der Waals surface area contributed by atoms with E-state index in [1.54, 1.807) is 13.2 Å². The van der Waals surface area contributed by atoms with Gasteiger partial charge in [0, 0.05) is 18.1 Å². The van der Waals surface area contributed by atoms with Crippen molar-refractivity contribution in [1.82, 2.24) is 9.97 Å². The van der Waals surface area contributed by atoms with E-state index in [0.29, 0.717) is 11.2 Å². The lowest BCUT2D eigenvalue weighted by molar-refractivity contribution is 0.177. The average Bonchev–Trinajstić information content (AvgIpc) is 3.13. The number of fused-ring (bicyclic) bond motifs is 1. The number of hydrogen-bond acceptors (Lipinski definition) is 6. The van der Waals surface area contributed by atoms with Gasteiger partial charge in [-0.1, -0.05) is 36.4 Å². The molecule has 4 aromatic rings. The number of ether oxygens (including phenoxy) is 2. The summed E-state index contributed by atoms with van der Waals surface area (Å²) in [7, 11) is 1.55. The van der Waals surface area contributed by atoms with Crippen molar-refractivity contribution in [3.8, 4) is 28.8 Å². The van der Waals surface area contributed by atoms with E-state index in [9.17, 15) is 9.65 Å². The fourth-order valence-electron chi connectivity index (χ4n) is 2.85. The highest BCUT2D eigenvalue weighted by Crippen LogP contribution is 2.40. The molecule has 0 aliphatic heterocycles. The van der Waals surface area contributed by atoms with E-state index in [0.717, 1.165) is 16.0 Å². The highest BCUT2D eigenvalue weighted by molar-refractivity contribution is 7.17. The second-order valence-electron chi connectivity index (χ2n) is 5.90. The van der Waals surface area contributed by atoms with E-state index in [2.05, 4.69) is 9.97 Å². The Balaban J connectivity index is 1.92. The van der Waals surface area contributed by atoms with Crippen molar-refractivity contribution >= 4 is 21.6 Å². The lowest BCUT2D eigenvalue weighted by atomic mass is 10.1. The molecule has 0 amide bonds. The predicted molar refractivity (Wildman–Crippen MR) is 105 cm³/mol. The van der Waals surface area contributed by atoms with Crippen LogP contribution in [0.25, 0.3) is 21.3 Å². The first-order valence-corrected chi connectivity index (χ1v) is 9.28. The molecular weight excluding hydrogens is 377 g/mol. The smallest absolute Gasteiger partial charge is 0.232 e. The molecule has 0 atom stereocenters. The number of hydrogen-bond donors (Lipinski definition) is 0. The van der Waals surface area contributed by atoms with Crippen LogP contribution in [0.5, 0.6) is 11.6 Å². The van der Waals surface area contributed by atoms with Crippen molar-refractivity contribution in [3.05, 3.63) is 71.1 Å². The number of nitrogens with zero attached hydrogens (tertiary/aromatic N) is 3. The summed E-state index contributed by atoms with van der Waals surface area (Å²) >= 11 is 1.46. The molecule has 138 valence electrons. The third-order valence-corrected chi connectivity index (χ3v) is 4.97. The molecule has 0 N–H and O–H groups in total. The Kier molecular flexibility index (Phi) is 4.98. The van der Waals surface area contributed by atoms with Gasteiger partial charge in [0.15, 0.2) is 5.82 Å². The van der Waals surface area contributed by atoms with Gasteiger partial charge in [0.2, 0.25) is 5.88 Å². The van der Waals surface area contributed by atoms with Gasteiger partial charge in [-0.3, -0.25) is 0 Å². The summed E-state index contributed by atoms with van der Waals surface area (Å²) in [6.07, 6.45) is 0. The number of methoxy groups -OCH3 is 1. The SMILES string of the molecule is COCc1nc(Oc2cccc(F)c2C#N)c2c(-c3ccccc3)csc2n1. The first-order valence-electron chi connectivity index (χ1n) is 8.40. The number of benzene rings is 2. The normalized spacial score (nSPS) is 10.8. The largest absolute Gasteiger partial charge is 0.437 e. The molecule has 0 aliphatic carbocycles. The van der Waals surface area contributed by atoms with Crippen LogP contribution in [-0.4, -0.2) is 17.1 Å². The summed E-state index contributed by atoms with van der Waals surface area (Å²) in [5.74, 6) is 0.174. The molecule has 0 fully saturated rings. The molecule has 0 aliphatic rings. The summed E-state index contributed by atoms with van der Waals surface area (Å²) < 4.78 is 25.1. The van der Waals surface area contributed by atoms with Crippen molar-refractivity contribution in [2.45, 2.75) is 6.61 Å². The molecule has 28 heavy (non-hydrogen) atoms. The van der Waals surface area contributed by atoms with Crippen molar-refractivity contribution in [1.29, 1.82) is 5.26 Å². The summed E-state index contributed by atoms with van der Waals surface area (Å²) in [4.78, 5) is 9.73. The standard InChI is InChI=1S/C21H14FN3O2S/c1-26-11-18-24-20(27-17-9-5-8-16(22)14(17)10-23)19-15(12-28-21(19)25-18)13-6-3-2-4-7-13/h2-9,12H,11H2,1H3. The Hall–Kier alpha value is -3.34. The minimum atomic E-state index is -0.643. The Bertz CT molecular complexity index is 1190. The number of rotatable bonds is 5. The van der Waals surface area contributed by atoms with E-state index in [1.807, 2.05) is 41.8 Å². The maximum Gasteiger partial charge on any atom is 0.232 e. The van der Waals surface area contributed by atoms with Gasteiger partial charge >= 0.3 is 0 Å². The molecule has 0 unspecified atom stereocenters. The highest BCUT2D eigenvalue weighted by atomic mass is 32.1. The Labute approximate surface area is 164 Å². The van der Waals surface area contributed by atoms with E-state index < -0.39 is 5.82 Å². The lowest BCUT2D eigenvalue weighted by Gasteiger charge is -2.11. The molecule has 2 aromatic carbocycles. The van der Waals surface area contributed by atoms with Crippen LogP contribution in [0.4, 0.5) is 4.39 Å². The maximum atomic E-state index is 14.0. The van der Waals surface area contributed by atoms with Crippen LogP contribution in [0.3, 0.4) is 0 Å². The van der Waals surface area contributed by atoms with Crippen LogP contribution < -0.4 is 4.74 Å². The quantitative estimate of drug-likeness (QED) is 0.461. The number of thiophene rings is 1. The van der Waals surface area contributed by atoms with E-state index in [1.165, 1.54) is 23.5 Å². The van der Waals surface area contributed by atoms with Gasteiger partial charge in [-0.15, -0.1) is 11.3 Å². The minimum Gasteiger partial charge on any atom is -0.437 e. The molecule has 0 saturated heterocycles. The fraction of sp³-hybridized carbons (Fsp3) is 0.0952. The molecular formula is C21H14FN3O2S. The zero-order valence-corrected chi connectivity index (χ0v) is 15.7. The van der Waals surface area contributed by atoms with Crippen LogP contribution in [0.2, 0.25) is 0 Å². The number of aromatic nitrogens is 2. The lowest BCUT2D eigenvalue weighted by Crippen LogP contribution is -2.01. The van der Waals surface area contributed by atoms with Crippen LogP contribution >= 0.6 is 11.3 Å². The number of halogens is 1. The van der Waals surface area contributed by atoms with Crippen molar-refractivity contribution < 1.29 is 13.9 Å². The van der Waals surface area contributed by atoms with E-state index in [4.69, 9.17) is 9.47 Å². The fourth-order valence-corrected chi connectivity index (χ4v) is 3.81. The summed E-state index contributed by atoms with van der Waals surface area (Å²) in [5, 5.41) is 12.0. The molecule has 4 rings (SSSR count). The van der Waals surface area contributed by atoms with Crippen LogP contribution in [0, 0.1) is 17.1 Å². The zero-order chi connectivity index (χ0) is 19.5. The van der Waals surface area contributed by atoms with Gasteiger partial charge in [-0.2, -0.15) is 10.2 Å². The van der Waals surface area contributed by atoms with Gasteiger partial charge in [0.25, 0.3) is 0 Å². The molecule has 7 heteroatoms. The van der Waals surface area contributed by atoms with E-state index >= 15 is 0 Å². The summed E-state index contributed by atoms with van der Waals surface area (Å²) in [6.45, 7) is 0.207. The van der Waals surface area contributed by atoms with Crippen LogP contribution in [-0.2, 0) is 11.3 Å². The monoisotopic (exact) mass is 391 g/mol. The Morgan fingerprint density at radius 3 is 2.68 bits per heavy atom. The zero-order valence-electron chi connectivity index (χ0n) is 14.8.